The SMILES string of the molecule is CC(=O)Nc1ccnc(Oc2ccc(N3CCN(CCCc4c[nH]c5ccc(C#N)cc45)CC3)cc2)n1. The Labute approximate surface area is 215 Å². The van der Waals surface area contributed by atoms with Gasteiger partial charge in [-0.05, 0) is 73.5 Å². The van der Waals surface area contributed by atoms with E-state index in [1.165, 1.54) is 12.5 Å². The van der Waals surface area contributed by atoms with Crippen LogP contribution in [0.15, 0.2) is 60.9 Å². The molecule has 2 aromatic carbocycles. The molecule has 2 aromatic heterocycles. The molecule has 0 bridgehead atoms. The second-order valence-electron chi connectivity index (χ2n) is 9.12. The Morgan fingerprint density at radius 2 is 1.95 bits per heavy atom. The predicted molar refractivity (Wildman–Crippen MR) is 143 cm³/mol. The summed E-state index contributed by atoms with van der Waals surface area (Å²) in [5.41, 5.74) is 4.23. The highest BCUT2D eigenvalue weighted by Gasteiger charge is 2.17. The number of nitriles is 1. The number of H-pyrrole nitrogens is 1. The molecule has 1 saturated heterocycles. The van der Waals surface area contributed by atoms with Crippen molar-refractivity contribution >= 4 is 28.3 Å². The minimum atomic E-state index is -0.196. The number of aromatic nitrogens is 3. The lowest BCUT2D eigenvalue weighted by molar-refractivity contribution is -0.114. The fourth-order valence-corrected chi connectivity index (χ4v) is 4.65. The van der Waals surface area contributed by atoms with Crippen LogP contribution in [0.5, 0.6) is 11.8 Å². The number of fused-ring (bicyclic) bond motifs is 1. The smallest absolute Gasteiger partial charge is 0.323 e. The topological polar surface area (TPSA) is 110 Å². The van der Waals surface area contributed by atoms with Crippen molar-refractivity contribution in [1.82, 2.24) is 19.9 Å². The van der Waals surface area contributed by atoms with E-state index in [4.69, 9.17) is 4.74 Å². The molecule has 4 aromatic rings. The number of amides is 1. The number of anilines is 2. The van der Waals surface area contributed by atoms with E-state index in [9.17, 15) is 10.1 Å². The summed E-state index contributed by atoms with van der Waals surface area (Å²) in [5.74, 6) is 0.849. The second kappa shape index (κ2) is 11.1. The van der Waals surface area contributed by atoms with Crippen LogP contribution in [0, 0.1) is 11.3 Å². The number of benzene rings is 2. The molecule has 1 aliphatic rings. The van der Waals surface area contributed by atoms with Gasteiger partial charge in [0.2, 0.25) is 5.91 Å². The minimum Gasteiger partial charge on any atom is -0.424 e. The summed E-state index contributed by atoms with van der Waals surface area (Å²) >= 11 is 0. The van der Waals surface area contributed by atoms with E-state index in [0.29, 0.717) is 17.1 Å². The second-order valence-corrected chi connectivity index (χ2v) is 9.12. The molecule has 9 heteroatoms. The van der Waals surface area contributed by atoms with Crippen molar-refractivity contribution in [3.63, 3.8) is 0 Å². The van der Waals surface area contributed by atoms with Gasteiger partial charge in [0.25, 0.3) is 0 Å². The molecule has 2 N–H and O–H groups in total. The molecular weight excluding hydrogens is 466 g/mol. The maximum atomic E-state index is 11.2. The number of nitrogens with zero attached hydrogens (tertiary/aromatic N) is 5. The van der Waals surface area contributed by atoms with Crippen LogP contribution >= 0.6 is 0 Å². The molecule has 188 valence electrons. The highest BCUT2D eigenvalue weighted by Crippen LogP contribution is 2.25. The zero-order valence-electron chi connectivity index (χ0n) is 20.8. The average molecular weight is 496 g/mol. The predicted octanol–water partition coefficient (Wildman–Crippen LogP) is 4.34. The molecule has 0 saturated carbocycles. The standard InChI is InChI=1S/C28H29N7O2/c1-20(36)32-27-10-11-30-28(33-27)37-24-7-5-23(6-8-24)35-15-13-34(14-16-35)12-2-3-22-19-31-26-9-4-21(18-29)17-25(22)26/h4-11,17,19,31H,2-3,12-16H2,1H3,(H,30,32,33,36). The number of piperazine rings is 1. The Hall–Kier alpha value is -4.42. The first-order valence-electron chi connectivity index (χ1n) is 12.4. The Kier molecular flexibility index (Phi) is 7.28. The maximum absolute atomic E-state index is 11.2. The molecule has 37 heavy (non-hydrogen) atoms. The third kappa shape index (κ3) is 6.05. The zero-order chi connectivity index (χ0) is 25.6. The summed E-state index contributed by atoms with van der Waals surface area (Å²) in [5, 5.41) is 13.0. The van der Waals surface area contributed by atoms with Crippen LogP contribution in [-0.4, -0.2) is 58.5 Å². The summed E-state index contributed by atoms with van der Waals surface area (Å²) in [7, 11) is 0. The van der Waals surface area contributed by atoms with Crippen LogP contribution in [0.3, 0.4) is 0 Å². The number of aromatic amines is 1. The highest BCUT2D eigenvalue weighted by molar-refractivity contribution is 5.87. The van der Waals surface area contributed by atoms with E-state index in [2.05, 4.69) is 54.5 Å². The van der Waals surface area contributed by atoms with Crippen LogP contribution in [0.2, 0.25) is 0 Å². The van der Waals surface area contributed by atoms with Gasteiger partial charge in [-0.25, -0.2) is 4.98 Å². The highest BCUT2D eigenvalue weighted by atomic mass is 16.5. The lowest BCUT2D eigenvalue weighted by Gasteiger charge is -2.36. The van der Waals surface area contributed by atoms with Gasteiger partial charge in [-0.2, -0.15) is 10.2 Å². The third-order valence-electron chi connectivity index (χ3n) is 6.54. The Morgan fingerprint density at radius 3 is 2.70 bits per heavy atom. The lowest BCUT2D eigenvalue weighted by Crippen LogP contribution is -2.46. The van der Waals surface area contributed by atoms with Gasteiger partial charge in [-0.1, -0.05) is 0 Å². The Balaban J connectivity index is 1.09. The molecule has 5 rings (SSSR count). The van der Waals surface area contributed by atoms with E-state index in [0.717, 1.165) is 62.2 Å². The van der Waals surface area contributed by atoms with Crippen molar-refractivity contribution < 1.29 is 9.53 Å². The van der Waals surface area contributed by atoms with E-state index in [1.54, 1.807) is 12.3 Å². The summed E-state index contributed by atoms with van der Waals surface area (Å²) < 4.78 is 5.76. The first-order chi connectivity index (χ1) is 18.1. The van der Waals surface area contributed by atoms with E-state index in [-0.39, 0.29) is 11.9 Å². The quantitative estimate of drug-likeness (QED) is 0.374. The van der Waals surface area contributed by atoms with Crippen LogP contribution < -0.4 is 15.0 Å². The number of carbonyl (C=O) groups is 1. The van der Waals surface area contributed by atoms with Gasteiger partial charge in [0.1, 0.15) is 11.6 Å². The summed E-state index contributed by atoms with van der Waals surface area (Å²) in [4.78, 5) is 27.8. The molecule has 0 spiro atoms. The lowest BCUT2D eigenvalue weighted by atomic mass is 10.1. The molecule has 1 amide bonds. The summed E-state index contributed by atoms with van der Waals surface area (Å²) in [6, 6.07) is 17.8. The number of nitrogens with one attached hydrogen (secondary N) is 2. The van der Waals surface area contributed by atoms with Gasteiger partial charge in [0.15, 0.2) is 0 Å². The molecule has 0 aliphatic carbocycles. The van der Waals surface area contributed by atoms with Crippen molar-refractivity contribution in [2.45, 2.75) is 19.8 Å². The summed E-state index contributed by atoms with van der Waals surface area (Å²) in [6.45, 7) is 6.48. The first kappa shape index (κ1) is 24.3. The Bertz CT molecular complexity index is 1420. The molecule has 9 nitrogen and oxygen atoms in total. The van der Waals surface area contributed by atoms with Crippen LogP contribution in [0.1, 0.15) is 24.5 Å². The van der Waals surface area contributed by atoms with Crippen molar-refractivity contribution in [3.05, 3.63) is 72.1 Å². The van der Waals surface area contributed by atoms with Gasteiger partial charge in [0, 0.05) is 62.1 Å². The van der Waals surface area contributed by atoms with Gasteiger partial charge < -0.3 is 19.9 Å². The van der Waals surface area contributed by atoms with Crippen LogP contribution in [0.25, 0.3) is 10.9 Å². The molecule has 1 aliphatic heterocycles. The van der Waals surface area contributed by atoms with Crippen molar-refractivity contribution in [3.8, 4) is 17.8 Å². The maximum Gasteiger partial charge on any atom is 0.323 e. The van der Waals surface area contributed by atoms with Gasteiger partial charge in [-0.3, -0.25) is 9.69 Å². The molecule has 0 radical (unpaired) electrons. The molecule has 0 unspecified atom stereocenters. The molecule has 1 fully saturated rings. The number of hydrogen-bond donors (Lipinski definition) is 2. The average Bonchev–Trinajstić information content (AvgIpc) is 3.31. The number of ether oxygens (including phenoxy) is 1. The summed E-state index contributed by atoms with van der Waals surface area (Å²) in [6.07, 6.45) is 5.70. The van der Waals surface area contributed by atoms with E-state index >= 15 is 0 Å². The van der Waals surface area contributed by atoms with E-state index < -0.39 is 0 Å². The third-order valence-corrected chi connectivity index (χ3v) is 6.54. The monoisotopic (exact) mass is 495 g/mol. The number of carbonyl (C=O) groups excluding carboxylic acids is 1. The van der Waals surface area contributed by atoms with Crippen molar-refractivity contribution in [1.29, 1.82) is 5.26 Å². The number of hydrogen-bond acceptors (Lipinski definition) is 7. The van der Waals surface area contributed by atoms with Gasteiger partial charge in [-0.15, -0.1) is 0 Å². The van der Waals surface area contributed by atoms with Crippen molar-refractivity contribution in [2.24, 2.45) is 0 Å². The number of rotatable bonds is 8. The van der Waals surface area contributed by atoms with Crippen molar-refractivity contribution in [2.75, 3.05) is 42.9 Å². The van der Waals surface area contributed by atoms with Crippen LogP contribution in [-0.2, 0) is 11.2 Å². The molecular formula is C28H29N7O2. The van der Waals surface area contributed by atoms with Gasteiger partial charge >= 0.3 is 6.01 Å². The Morgan fingerprint density at radius 1 is 1.14 bits per heavy atom. The minimum absolute atomic E-state index is 0.186. The molecule has 0 atom stereocenters. The fourth-order valence-electron chi connectivity index (χ4n) is 4.65. The normalized spacial score (nSPS) is 13.9. The first-order valence-corrected chi connectivity index (χ1v) is 12.4. The van der Waals surface area contributed by atoms with Crippen LogP contribution in [0.4, 0.5) is 11.5 Å². The molecule has 3 heterocycles. The largest absolute Gasteiger partial charge is 0.424 e. The van der Waals surface area contributed by atoms with E-state index in [1.807, 2.05) is 30.3 Å². The van der Waals surface area contributed by atoms with Gasteiger partial charge in [0.05, 0.1) is 11.6 Å². The zero-order valence-corrected chi connectivity index (χ0v) is 20.8. The number of aryl methyl sites for hydroxylation is 1. The fraction of sp³-hybridized carbons (Fsp3) is 0.286.